The first-order valence-electron chi connectivity index (χ1n) is 7.52. The summed E-state index contributed by atoms with van der Waals surface area (Å²) < 4.78 is 0. The molecule has 2 aromatic rings. The number of hydrogen-bond donors (Lipinski definition) is 2. The van der Waals surface area contributed by atoms with Crippen molar-refractivity contribution in [3.63, 3.8) is 0 Å². The highest BCUT2D eigenvalue weighted by Crippen LogP contribution is 2.12. The summed E-state index contributed by atoms with van der Waals surface area (Å²) in [7, 11) is 0. The summed E-state index contributed by atoms with van der Waals surface area (Å²) in [5.41, 5.74) is 8.91. The molecular formula is C17H22BrN3OS2. The van der Waals surface area contributed by atoms with Gasteiger partial charge in [-0.15, -0.1) is 11.3 Å². The molecule has 0 radical (unpaired) electrons. The van der Waals surface area contributed by atoms with Crippen molar-refractivity contribution in [1.82, 2.24) is 10.3 Å². The maximum Gasteiger partial charge on any atom is 0.222 e. The van der Waals surface area contributed by atoms with Crippen LogP contribution in [-0.2, 0) is 24.1 Å². The Labute approximate surface area is 161 Å². The van der Waals surface area contributed by atoms with E-state index < -0.39 is 0 Å². The van der Waals surface area contributed by atoms with E-state index in [4.69, 9.17) is 5.73 Å². The van der Waals surface area contributed by atoms with Crippen molar-refractivity contribution in [3.05, 3.63) is 51.5 Å². The number of thiazole rings is 1. The van der Waals surface area contributed by atoms with Crippen LogP contribution in [-0.4, -0.2) is 21.3 Å². The first-order chi connectivity index (χ1) is 11.4. The number of aryl methyl sites for hydroxylation is 4. The highest BCUT2D eigenvalue weighted by atomic mass is 79.9. The number of nitrogens with one attached hydrogen (secondary N) is 1. The van der Waals surface area contributed by atoms with Gasteiger partial charge in [0.15, 0.2) is 5.11 Å². The van der Waals surface area contributed by atoms with Gasteiger partial charge in [0.25, 0.3) is 0 Å². The van der Waals surface area contributed by atoms with E-state index in [1.54, 1.807) is 11.3 Å². The number of amides is 1. The third kappa shape index (κ3) is 9.10. The maximum absolute atomic E-state index is 9.98. The number of carbonyl (C=O) groups is 1. The van der Waals surface area contributed by atoms with Crippen molar-refractivity contribution >= 4 is 50.5 Å². The second-order valence-corrected chi connectivity index (χ2v) is 7.45. The van der Waals surface area contributed by atoms with Gasteiger partial charge in [0.1, 0.15) is 0 Å². The molecule has 0 bridgehead atoms. The third-order valence-electron chi connectivity index (χ3n) is 3.04. The second kappa shape index (κ2) is 11.3. The molecule has 1 aromatic heterocycles. The summed E-state index contributed by atoms with van der Waals surface area (Å²) in [6.07, 6.45) is 3.23. The Morgan fingerprint density at radius 3 is 2.21 bits per heavy atom. The minimum absolute atomic E-state index is 0.0208. The summed E-state index contributed by atoms with van der Waals surface area (Å²) in [6.45, 7) is 3.41. The molecule has 0 aliphatic rings. The lowest BCUT2D eigenvalue weighted by molar-refractivity contribution is -0.117. The van der Waals surface area contributed by atoms with E-state index in [0.29, 0.717) is 0 Å². The van der Waals surface area contributed by atoms with Crippen molar-refractivity contribution in [2.24, 2.45) is 5.73 Å². The van der Waals surface area contributed by atoms with E-state index >= 15 is 0 Å². The average Bonchev–Trinajstić information content (AvgIpc) is 2.92. The van der Waals surface area contributed by atoms with Crippen LogP contribution in [0.1, 0.15) is 28.8 Å². The molecule has 0 unspecified atom stereocenters. The molecule has 0 fully saturated rings. The fourth-order valence-corrected chi connectivity index (χ4v) is 3.20. The van der Waals surface area contributed by atoms with Gasteiger partial charge >= 0.3 is 0 Å². The highest BCUT2D eigenvalue weighted by molar-refractivity contribution is 9.09. The molecule has 2 rings (SSSR count). The smallest absolute Gasteiger partial charge is 0.222 e. The van der Waals surface area contributed by atoms with Gasteiger partial charge in [-0.05, 0) is 49.5 Å². The van der Waals surface area contributed by atoms with E-state index in [1.165, 1.54) is 23.7 Å². The van der Waals surface area contributed by atoms with E-state index in [9.17, 15) is 4.79 Å². The molecule has 0 aliphatic heterocycles. The van der Waals surface area contributed by atoms with Gasteiger partial charge in [0.2, 0.25) is 5.91 Å². The molecule has 0 saturated carbocycles. The Morgan fingerprint density at radius 1 is 1.25 bits per heavy atom. The predicted octanol–water partition coefficient (Wildman–Crippen LogP) is 3.54. The largest absolute Gasteiger partial charge is 0.376 e. The Kier molecular flexibility index (Phi) is 9.75. The molecule has 1 amide bonds. The summed E-state index contributed by atoms with van der Waals surface area (Å²) >= 11 is 9.51. The van der Waals surface area contributed by atoms with Crippen molar-refractivity contribution in [1.29, 1.82) is 0 Å². The Hall–Kier alpha value is -1.31. The third-order valence-corrected chi connectivity index (χ3v) is 4.36. The van der Waals surface area contributed by atoms with Gasteiger partial charge < -0.3 is 11.1 Å². The number of alkyl halides is 1. The van der Waals surface area contributed by atoms with Gasteiger partial charge in [0, 0.05) is 17.6 Å². The topological polar surface area (TPSA) is 68.0 Å². The molecular weight excluding hydrogens is 406 g/mol. The lowest BCUT2D eigenvalue weighted by Gasteiger charge is -2.02. The van der Waals surface area contributed by atoms with Gasteiger partial charge in [-0.3, -0.25) is 4.79 Å². The van der Waals surface area contributed by atoms with E-state index in [2.05, 4.69) is 75.0 Å². The molecule has 0 saturated heterocycles. The lowest BCUT2D eigenvalue weighted by Crippen LogP contribution is -2.32. The molecule has 130 valence electrons. The van der Waals surface area contributed by atoms with Crippen LogP contribution in [0.15, 0.2) is 29.6 Å². The molecule has 24 heavy (non-hydrogen) atoms. The molecule has 3 N–H and O–H groups in total. The zero-order valence-electron chi connectivity index (χ0n) is 13.8. The van der Waals surface area contributed by atoms with Gasteiger partial charge in [-0.2, -0.15) is 0 Å². The van der Waals surface area contributed by atoms with Gasteiger partial charge in [-0.25, -0.2) is 4.98 Å². The van der Waals surface area contributed by atoms with Crippen LogP contribution >= 0.6 is 39.5 Å². The summed E-state index contributed by atoms with van der Waals surface area (Å²) in [5.74, 6) is -0.229. The number of aromatic nitrogens is 1. The van der Waals surface area contributed by atoms with Crippen LogP contribution in [0.3, 0.4) is 0 Å². The predicted molar refractivity (Wildman–Crippen MR) is 109 cm³/mol. The SMILES string of the molecule is CC(=O)NC(N)=S.Cc1nc(CCc2ccc(CCBr)cc2)cs1. The number of thiocarbonyl (C=S) groups is 1. The van der Waals surface area contributed by atoms with Crippen LogP contribution in [0.4, 0.5) is 0 Å². The normalized spacial score (nSPS) is 9.79. The van der Waals surface area contributed by atoms with Crippen LogP contribution < -0.4 is 11.1 Å². The van der Waals surface area contributed by atoms with Crippen LogP contribution in [0.25, 0.3) is 0 Å². The molecule has 0 spiro atoms. The summed E-state index contributed by atoms with van der Waals surface area (Å²) in [5, 5.41) is 6.55. The standard InChI is InChI=1S/C14H16BrNS.C3H6N2OS/c1-11-16-14(10-17-11)7-6-12-2-4-13(5-3-12)8-9-15;1-2(6)5-3(4)7/h2-5,10H,6-9H2,1H3;1H3,(H3,4,5,6,7). The summed E-state index contributed by atoms with van der Waals surface area (Å²) in [4.78, 5) is 14.5. The first kappa shape index (κ1) is 20.7. The van der Waals surface area contributed by atoms with Gasteiger partial charge in [-0.1, -0.05) is 40.2 Å². The van der Waals surface area contributed by atoms with Crippen molar-refractivity contribution in [2.45, 2.75) is 33.1 Å². The van der Waals surface area contributed by atoms with Gasteiger partial charge in [0.05, 0.1) is 10.7 Å². The fraction of sp³-hybridized carbons (Fsp3) is 0.353. The lowest BCUT2D eigenvalue weighted by atomic mass is 10.1. The van der Waals surface area contributed by atoms with Crippen LogP contribution in [0.2, 0.25) is 0 Å². The molecule has 1 aromatic carbocycles. The number of carbonyl (C=O) groups excluding carboxylic acids is 1. The highest BCUT2D eigenvalue weighted by Gasteiger charge is 2.00. The minimum atomic E-state index is -0.229. The molecule has 0 aliphatic carbocycles. The number of hydrogen-bond acceptors (Lipinski definition) is 4. The number of halogens is 1. The quantitative estimate of drug-likeness (QED) is 0.565. The van der Waals surface area contributed by atoms with E-state index in [-0.39, 0.29) is 11.0 Å². The zero-order valence-corrected chi connectivity index (χ0v) is 17.1. The van der Waals surface area contributed by atoms with Crippen molar-refractivity contribution in [3.8, 4) is 0 Å². The minimum Gasteiger partial charge on any atom is -0.376 e. The number of benzene rings is 1. The van der Waals surface area contributed by atoms with E-state index in [0.717, 1.165) is 29.6 Å². The molecule has 4 nitrogen and oxygen atoms in total. The second-order valence-electron chi connectivity index (χ2n) is 5.16. The molecule has 7 heteroatoms. The number of nitrogens with two attached hydrogens (primary N) is 1. The Morgan fingerprint density at radius 2 is 1.83 bits per heavy atom. The average molecular weight is 428 g/mol. The van der Waals surface area contributed by atoms with Crippen LogP contribution in [0, 0.1) is 6.92 Å². The Balaban J connectivity index is 0.000000351. The molecule has 1 heterocycles. The van der Waals surface area contributed by atoms with Crippen molar-refractivity contribution in [2.75, 3.05) is 5.33 Å². The number of rotatable bonds is 5. The summed E-state index contributed by atoms with van der Waals surface area (Å²) in [6, 6.07) is 8.92. The zero-order chi connectivity index (χ0) is 17.9. The monoisotopic (exact) mass is 427 g/mol. The fourth-order valence-electron chi connectivity index (χ4n) is 1.95. The Bertz CT molecular complexity index is 644. The maximum atomic E-state index is 9.98. The van der Waals surface area contributed by atoms with E-state index in [1.807, 2.05) is 0 Å². The molecule has 0 atom stereocenters. The van der Waals surface area contributed by atoms with Crippen molar-refractivity contribution < 1.29 is 4.79 Å². The number of nitrogens with zero attached hydrogens (tertiary/aromatic N) is 1. The van der Waals surface area contributed by atoms with Crippen LogP contribution in [0.5, 0.6) is 0 Å². The first-order valence-corrected chi connectivity index (χ1v) is 9.93.